The second-order valence-electron chi connectivity index (χ2n) is 4.42. The summed E-state index contributed by atoms with van der Waals surface area (Å²) in [4.78, 5) is 36.1. The number of ether oxygens (including phenoxy) is 1. The van der Waals surface area contributed by atoms with Crippen LogP contribution in [-0.4, -0.2) is 72.2 Å². The van der Waals surface area contributed by atoms with E-state index in [0.29, 0.717) is 25.9 Å². The Hall–Kier alpha value is -1.83. The first kappa shape index (κ1) is 15.2. The smallest absolute Gasteiger partial charge is 0.323 e. The van der Waals surface area contributed by atoms with Crippen molar-refractivity contribution in [3.8, 4) is 0 Å². The molecule has 3 amide bonds. The molecule has 1 aliphatic rings. The number of hydrogen-bond acceptors (Lipinski definition) is 4. The van der Waals surface area contributed by atoms with Crippen LogP contribution in [0.1, 0.15) is 12.8 Å². The fourth-order valence-corrected chi connectivity index (χ4v) is 2.03. The Labute approximate surface area is 111 Å². The van der Waals surface area contributed by atoms with Crippen LogP contribution in [0, 0.1) is 0 Å². The summed E-state index contributed by atoms with van der Waals surface area (Å²) in [5.41, 5.74) is 5.02. The Morgan fingerprint density at radius 1 is 1.32 bits per heavy atom. The number of urea groups is 1. The van der Waals surface area contributed by atoms with Gasteiger partial charge in [0.15, 0.2) is 0 Å². The first-order valence-electron chi connectivity index (χ1n) is 6.00. The van der Waals surface area contributed by atoms with Crippen molar-refractivity contribution in [2.45, 2.75) is 18.9 Å². The third-order valence-corrected chi connectivity index (χ3v) is 2.99. The maximum Gasteiger partial charge on any atom is 0.323 e. The molecule has 0 saturated carbocycles. The van der Waals surface area contributed by atoms with Gasteiger partial charge in [-0.15, -0.1) is 0 Å². The standard InChI is InChI=1S/C11H19N3O5/c1-19-8-2-4-13(5-3-8)11(18)14(6-9(12)15)7-10(16)17/h8H,2-7H2,1H3,(H2,12,15)(H,16,17). The molecule has 19 heavy (non-hydrogen) atoms. The first-order valence-corrected chi connectivity index (χ1v) is 6.00. The van der Waals surface area contributed by atoms with E-state index in [1.807, 2.05) is 0 Å². The highest BCUT2D eigenvalue weighted by Gasteiger charge is 2.28. The molecule has 0 aliphatic carbocycles. The van der Waals surface area contributed by atoms with Gasteiger partial charge < -0.3 is 25.4 Å². The summed E-state index contributed by atoms with van der Waals surface area (Å²) >= 11 is 0. The summed E-state index contributed by atoms with van der Waals surface area (Å²) in [5.74, 6) is -1.91. The van der Waals surface area contributed by atoms with Crippen LogP contribution in [0.15, 0.2) is 0 Å². The van der Waals surface area contributed by atoms with Crippen LogP contribution in [0.5, 0.6) is 0 Å². The Balaban J connectivity index is 2.60. The molecule has 3 N–H and O–H groups in total. The molecule has 0 radical (unpaired) electrons. The average Bonchev–Trinajstić information content (AvgIpc) is 2.36. The highest BCUT2D eigenvalue weighted by Crippen LogP contribution is 2.14. The number of amides is 3. The van der Waals surface area contributed by atoms with Crippen LogP contribution in [0.4, 0.5) is 4.79 Å². The van der Waals surface area contributed by atoms with Gasteiger partial charge in [0.05, 0.1) is 6.10 Å². The van der Waals surface area contributed by atoms with Gasteiger partial charge in [-0.3, -0.25) is 9.59 Å². The number of rotatable bonds is 5. The third kappa shape index (κ3) is 4.74. The molecule has 0 aromatic rings. The van der Waals surface area contributed by atoms with Crippen molar-refractivity contribution >= 4 is 17.9 Å². The molecule has 1 saturated heterocycles. The van der Waals surface area contributed by atoms with Gasteiger partial charge >= 0.3 is 12.0 Å². The van der Waals surface area contributed by atoms with E-state index in [1.165, 1.54) is 4.90 Å². The van der Waals surface area contributed by atoms with Crippen molar-refractivity contribution in [2.24, 2.45) is 5.73 Å². The summed E-state index contributed by atoms with van der Waals surface area (Å²) in [7, 11) is 1.62. The summed E-state index contributed by atoms with van der Waals surface area (Å²) in [6, 6.07) is -0.476. The highest BCUT2D eigenvalue weighted by atomic mass is 16.5. The molecule has 1 fully saturated rings. The van der Waals surface area contributed by atoms with Gasteiger partial charge in [0, 0.05) is 20.2 Å². The summed E-state index contributed by atoms with van der Waals surface area (Å²) in [6.45, 7) is 0.0275. The Morgan fingerprint density at radius 2 is 1.89 bits per heavy atom. The monoisotopic (exact) mass is 273 g/mol. The minimum Gasteiger partial charge on any atom is -0.480 e. The van der Waals surface area contributed by atoms with Gasteiger partial charge in [0.1, 0.15) is 13.1 Å². The molecule has 0 bridgehead atoms. The summed E-state index contributed by atoms with van der Waals surface area (Å²) < 4.78 is 5.19. The number of piperidine rings is 1. The molecular formula is C11H19N3O5. The predicted molar refractivity (Wildman–Crippen MR) is 65.4 cm³/mol. The predicted octanol–water partition coefficient (Wildman–Crippen LogP) is -0.911. The molecular weight excluding hydrogens is 254 g/mol. The molecule has 0 aromatic carbocycles. The van der Waals surface area contributed by atoms with Crippen molar-refractivity contribution in [2.75, 3.05) is 33.3 Å². The highest BCUT2D eigenvalue weighted by molar-refractivity contribution is 5.86. The Morgan fingerprint density at radius 3 is 2.32 bits per heavy atom. The first-order chi connectivity index (χ1) is 8.93. The van der Waals surface area contributed by atoms with E-state index in [1.54, 1.807) is 7.11 Å². The fraction of sp³-hybridized carbons (Fsp3) is 0.727. The van der Waals surface area contributed by atoms with Gasteiger partial charge in [-0.05, 0) is 12.8 Å². The number of likely N-dealkylation sites (tertiary alicyclic amines) is 1. The SMILES string of the molecule is COC1CCN(C(=O)N(CC(N)=O)CC(=O)O)CC1. The average molecular weight is 273 g/mol. The number of carboxylic acids is 1. The van der Waals surface area contributed by atoms with Crippen molar-refractivity contribution < 1.29 is 24.2 Å². The lowest BCUT2D eigenvalue weighted by molar-refractivity contribution is -0.138. The van der Waals surface area contributed by atoms with Crippen LogP contribution in [0.2, 0.25) is 0 Å². The van der Waals surface area contributed by atoms with Crippen molar-refractivity contribution in [1.29, 1.82) is 0 Å². The Bertz CT molecular complexity index is 336. The minimum atomic E-state index is -1.18. The molecule has 8 nitrogen and oxygen atoms in total. The molecule has 0 spiro atoms. The summed E-state index contributed by atoms with van der Waals surface area (Å²) in [6.07, 6.45) is 1.51. The van der Waals surface area contributed by atoms with Gasteiger partial charge in [-0.25, -0.2) is 4.79 Å². The molecule has 1 heterocycles. The van der Waals surface area contributed by atoms with Gasteiger partial charge in [-0.2, -0.15) is 0 Å². The second-order valence-corrected chi connectivity index (χ2v) is 4.42. The van der Waals surface area contributed by atoms with Gasteiger partial charge in [0.2, 0.25) is 5.91 Å². The minimum absolute atomic E-state index is 0.119. The van der Waals surface area contributed by atoms with Crippen LogP contribution >= 0.6 is 0 Å². The molecule has 0 aromatic heterocycles. The topological polar surface area (TPSA) is 113 Å². The number of nitrogens with two attached hydrogens (primary N) is 1. The van der Waals surface area contributed by atoms with Gasteiger partial charge in [0.25, 0.3) is 0 Å². The zero-order chi connectivity index (χ0) is 14.4. The molecule has 0 atom stereocenters. The number of nitrogens with zero attached hydrogens (tertiary/aromatic N) is 2. The van der Waals surface area contributed by atoms with Gasteiger partial charge in [-0.1, -0.05) is 0 Å². The zero-order valence-corrected chi connectivity index (χ0v) is 10.9. The molecule has 1 aliphatic heterocycles. The van der Waals surface area contributed by atoms with Crippen molar-refractivity contribution in [3.63, 3.8) is 0 Å². The number of hydrogen-bond donors (Lipinski definition) is 2. The Kier molecular flexibility index (Phi) is 5.56. The van der Waals surface area contributed by atoms with Crippen LogP contribution in [0.25, 0.3) is 0 Å². The third-order valence-electron chi connectivity index (χ3n) is 2.99. The van der Waals surface area contributed by atoms with Crippen molar-refractivity contribution in [3.05, 3.63) is 0 Å². The van der Waals surface area contributed by atoms with E-state index >= 15 is 0 Å². The van der Waals surface area contributed by atoms with Crippen molar-refractivity contribution in [1.82, 2.24) is 9.80 Å². The van der Waals surface area contributed by atoms with E-state index in [9.17, 15) is 14.4 Å². The van der Waals surface area contributed by atoms with Crippen LogP contribution in [-0.2, 0) is 14.3 Å². The fourth-order valence-electron chi connectivity index (χ4n) is 2.03. The molecule has 8 heteroatoms. The molecule has 1 rings (SSSR count). The lowest BCUT2D eigenvalue weighted by Crippen LogP contribution is -2.51. The lowest BCUT2D eigenvalue weighted by Gasteiger charge is -2.34. The van der Waals surface area contributed by atoms with E-state index < -0.39 is 31.0 Å². The second kappa shape index (κ2) is 6.93. The van der Waals surface area contributed by atoms with Crippen LogP contribution < -0.4 is 5.73 Å². The number of primary amides is 1. The number of carbonyl (C=O) groups is 3. The number of carboxylic acid groups (broad SMARTS) is 1. The number of carbonyl (C=O) groups excluding carboxylic acids is 2. The van der Waals surface area contributed by atoms with Crippen LogP contribution in [0.3, 0.4) is 0 Å². The lowest BCUT2D eigenvalue weighted by atomic mass is 10.1. The molecule has 0 unspecified atom stereocenters. The summed E-state index contributed by atoms with van der Waals surface area (Å²) in [5, 5.41) is 8.74. The largest absolute Gasteiger partial charge is 0.480 e. The van der Waals surface area contributed by atoms with E-state index in [0.717, 1.165) is 4.90 Å². The number of methoxy groups -OCH3 is 1. The molecule has 108 valence electrons. The maximum absolute atomic E-state index is 12.1. The zero-order valence-electron chi connectivity index (χ0n) is 10.9. The number of aliphatic carboxylic acids is 1. The quantitative estimate of drug-likeness (QED) is 0.673. The van der Waals surface area contributed by atoms with E-state index in [2.05, 4.69) is 0 Å². The van der Waals surface area contributed by atoms with E-state index in [-0.39, 0.29) is 6.10 Å². The normalized spacial score (nSPS) is 16.2. The van der Waals surface area contributed by atoms with E-state index in [4.69, 9.17) is 15.6 Å². The maximum atomic E-state index is 12.1.